The zero-order chi connectivity index (χ0) is 19.2. The number of ether oxygens (including phenoxy) is 3. The molecule has 1 aliphatic rings. The van der Waals surface area contributed by atoms with Crippen molar-refractivity contribution < 1.29 is 19.0 Å². The third-order valence-electron chi connectivity index (χ3n) is 4.25. The van der Waals surface area contributed by atoms with Gasteiger partial charge in [-0.25, -0.2) is 9.97 Å². The van der Waals surface area contributed by atoms with E-state index >= 15 is 0 Å². The molecule has 1 aromatic heterocycles. The first-order valence-electron chi connectivity index (χ1n) is 8.39. The number of rotatable bonds is 6. The van der Waals surface area contributed by atoms with Crippen LogP contribution in [0.15, 0.2) is 60.6 Å². The Morgan fingerprint density at radius 1 is 1.15 bits per heavy atom. The van der Waals surface area contributed by atoms with E-state index in [1.54, 1.807) is 20.3 Å². The van der Waals surface area contributed by atoms with Gasteiger partial charge in [-0.15, -0.1) is 0 Å². The lowest BCUT2D eigenvalue weighted by atomic mass is 9.96. The second kappa shape index (κ2) is 8.46. The highest BCUT2D eigenvalue weighted by Crippen LogP contribution is 2.29. The Kier molecular flexibility index (Phi) is 5.83. The van der Waals surface area contributed by atoms with Gasteiger partial charge in [-0.3, -0.25) is 4.79 Å². The van der Waals surface area contributed by atoms with Crippen LogP contribution < -0.4 is 10.1 Å². The van der Waals surface area contributed by atoms with Crippen LogP contribution >= 0.6 is 0 Å². The van der Waals surface area contributed by atoms with Crippen LogP contribution in [-0.4, -0.2) is 43.4 Å². The van der Waals surface area contributed by atoms with Gasteiger partial charge in [0.1, 0.15) is 23.8 Å². The minimum absolute atomic E-state index is 0.358. The van der Waals surface area contributed by atoms with E-state index in [0.717, 1.165) is 22.7 Å². The maximum absolute atomic E-state index is 12.0. The van der Waals surface area contributed by atoms with Crippen molar-refractivity contribution >= 4 is 11.8 Å². The number of methoxy groups -OCH3 is 3. The van der Waals surface area contributed by atoms with Crippen molar-refractivity contribution in [1.29, 1.82) is 0 Å². The number of esters is 1. The summed E-state index contributed by atoms with van der Waals surface area (Å²) in [6.07, 6.45) is 6.54. The molecule has 0 spiro atoms. The van der Waals surface area contributed by atoms with Crippen LogP contribution in [0.4, 0.5) is 5.82 Å². The molecule has 0 radical (unpaired) electrons. The lowest BCUT2D eigenvalue weighted by Crippen LogP contribution is -2.30. The van der Waals surface area contributed by atoms with Gasteiger partial charge in [0.15, 0.2) is 0 Å². The molecule has 0 saturated heterocycles. The number of carbonyl (C=O) groups excluding carboxylic acids is 1. The third-order valence-corrected chi connectivity index (χ3v) is 4.25. The van der Waals surface area contributed by atoms with E-state index in [1.165, 1.54) is 13.4 Å². The van der Waals surface area contributed by atoms with E-state index in [0.29, 0.717) is 5.82 Å². The monoisotopic (exact) mass is 367 g/mol. The molecule has 7 nitrogen and oxygen atoms in total. The molecule has 0 saturated carbocycles. The maximum atomic E-state index is 12.0. The minimum atomic E-state index is -0.525. The van der Waals surface area contributed by atoms with Crippen molar-refractivity contribution in [3.05, 3.63) is 60.6 Å². The Bertz CT molecular complexity index is 879. The lowest BCUT2D eigenvalue weighted by Gasteiger charge is -2.23. The third kappa shape index (κ3) is 4.15. The zero-order valence-electron chi connectivity index (χ0n) is 15.4. The molecule has 0 amide bonds. The number of carbonyl (C=O) groups is 1. The van der Waals surface area contributed by atoms with Crippen molar-refractivity contribution in [2.45, 2.75) is 6.10 Å². The van der Waals surface area contributed by atoms with Crippen molar-refractivity contribution in [2.75, 3.05) is 26.6 Å². The normalized spacial score (nSPS) is 18.6. The molecule has 1 aliphatic carbocycles. The number of aromatic nitrogens is 2. The second-order valence-electron chi connectivity index (χ2n) is 5.84. The molecule has 1 aromatic carbocycles. The fourth-order valence-electron chi connectivity index (χ4n) is 2.89. The predicted molar refractivity (Wildman–Crippen MR) is 101 cm³/mol. The van der Waals surface area contributed by atoms with E-state index in [-0.39, 0.29) is 12.1 Å². The van der Waals surface area contributed by atoms with Crippen LogP contribution in [0.2, 0.25) is 0 Å². The second-order valence-corrected chi connectivity index (χ2v) is 5.84. The molecule has 2 unspecified atom stereocenters. The van der Waals surface area contributed by atoms with Crippen LogP contribution in [0.25, 0.3) is 11.3 Å². The van der Waals surface area contributed by atoms with E-state index in [2.05, 4.69) is 15.3 Å². The molecule has 0 fully saturated rings. The molecule has 1 heterocycles. The van der Waals surface area contributed by atoms with E-state index in [9.17, 15) is 4.79 Å². The van der Waals surface area contributed by atoms with Gasteiger partial charge in [-0.05, 0) is 24.3 Å². The summed E-state index contributed by atoms with van der Waals surface area (Å²) in [6, 6.07) is 9.46. The summed E-state index contributed by atoms with van der Waals surface area (Å²) < 4.78 is 15.6. The zero-order valence-corrected chi connectivity index (χ0v) is 15.4. The van der Waals surface area contributed by atoms with Gasteiger partial charge in [-0.2, -0.15) is 0 Å². The van der Waals surface area contributed by atoms with E-state index in [4.69, 9.17) is 14.2 Å². The Balaban J connectivity index is 1.85. The SMILES string of the molecule is COC(=O)C1C=C(Nc2cc(-c3ccccc3OC)ncn2)C=CC1OC. The maximum Gasteiger partial charge on any atom is 0.315 e. The fourth-order valence-corrected chi connectivity index (χ4v) is 2.89. The number of hydrogen-bond donors (Lipinski definition) is 1. The number of benzene rings is 1. The molecule has 1 N–H and O–H groups in total. The molecular weight excluding hydrogens is 346 g/mol. The molecule has 3 rings (SSSR count). The summed E-state index contributed by atoms with van der Waals surface area (Å²) in [5, 5.41) is 3.20. The molecule has 0 aliphatic heterocycles. The van der Waals surface area contributed by atoms with Crippen LogP contribution in [0.3, 0.4) is 0 Å². The topological polar surface area (TPSA) is 82.6 Å². The van der Waals surface area contributed by atoms with Gasteiger partial charge in [0.05, 0.1) is 26.0 Å². The summed E-state index contributed by atoms with van der Waals surface area (Å²) >= 11 is 0. The summed E-state index contributed by atoms with van der Waals surface area (Å²) in [6.45, 7) is 0. The van der Waals surface area contributed by atoms with Crippen LogP contribution in [0, 0.1) is 5.92 Å². The van der Waals surface area contributed by atoms with Crippen LogP contribution in [0.1, 0.15) is 0 Å². The first-order chi connectivity index (χ1) is 13.2. The Morgan fingerprint density at radius 3 is 2.70 bits per heavy atom. The molecule has 2 aromatic rings. The Hall–Kier alpha value is -3.19. The summed E-state index contributed by atoms with van der Waals surface area (Å²) in [7, 11) is 4.54. The highest BCUT2D eigenvalue weighted by molar-refractivity contribution is 5.77. The van der Waals surface area contributed by atoms with Crippen LogP contribution in [-0.2, 0) is 14.3 Å². The molecular formula is C20H21N3O4. The standard InChI is InChI=1S/C20H21N3O4/c1-25-17-7-5-4-6-14(17)16-11-19(22-12-21-16)23-13-8-9-18(26-2)15(10-13)20(24)27-3/h4-12,15,18H,1-3H3,(H,21,22,23). The summed E-state index contributed by atoms with van der Waals surface area (Å²) in [5.41, 5.74) is 2.32. The first-order valence-corrected chi connectivity index (χ1v) is 8.39. The van der Waals surface area contributed by atoms with Gasteiger partial charge >= 0.3 is 5.97 Å². The highest BCUT2D eigenvalue weighted by Gasteiger charge is 2.28. The average molecular weight is 367 g/mol. The number of allylic oxidation sites excluding steroid dienone is 1. The number of hydrogen-bond acceptors (Lipinski definition) is 7. The number of anilines is 1. The van der Waals surface area contributed by atoms with Gasteiger partial charge in [0.25, 0.3) is 0 Å². The molecule has 27 heavy (non-hydrogen) atoms. The van der Waals surface area contributed by atoms with E-state index in [1.807, 2.05) is 42.5 Å². The lowest BCUT2D eigenvalue weighted by molar-refractivity contribution is -0.146. The number of nitrogens with one attached hydrogen (secondary N) is 1. The largest absolute Gasteiger partial charge is 0.496 e. The van der Waals surface area contributed by atoms with Crippen molar-refractivity contribution in [2.24, 2.45) is 5.92 Å². The Labute approximate surface area is 157 Å². The molecule has 140 valence electrons. The molecule has 2 atom stereocenters. The van der Waals surface area contributed by atoms with Gasteiger partial charge in [0, 0.05) is 24.4 Å². The van der Waals surface area contributed by atoms with E-state index < -0.39 is 5.92 Å². The number of nitrogens with zero attached hydrogens (tertiary/aromatic N) is 2. The van der Waals surface area contributed by atoms with Crippen molar-refractivity contribution in [1.82, 2.24) is 9.97 Å². The molecule has 0 bridgehead atoms. The minimum Gasteiger partial charge on any atom is -0.496 e. The molecule has 7 heteroatoms. The smallest absolute Gasteiger partial charge is 0.315 e. The fraction of sp³-hybridized carbons (Fsp3) is 0.250. The quantitative estimate of drug-likeness (QED) is 0.786. The highest BCUT2D eigenvalue weighted by atomic mass is 16.5. The Morgan fingerprint density at radius 2 is 1.96 bits per heavy atom. The first kappa shape index (κ1) is 18.6. The predicted octanol–water partition coefficient (Wildman–Crippen LogP) is 2.82. The average Bonchev–Trinajstić information content (AvgIpc) is 2.73. The van der Waals surface area contributed by atoms with Crippen molar-refractivity contribution in [3.63, 3.8) is 0 Å². The summed E-state index contributed by atoms with van der Waals surface area (Å²) in [5.74, 6) is 0.444. The van der Waals surface area contributed by atoms with Gasteiger partial charge in [0.2, 0.25) is 0 Å². The van der Waals surface area contributed by atoms with Gasteiger partial charge in [-0.1, -0.05) is 18.2 Å². The summed E-state index contributed by atoms with van der Waals surface area (Å²) in [4.78, 5) is 20.6. The van der Waals surface area contributed by atoms with Crippen molar-refractivity contribution in [3.8, 4) is 17.0 Å². The van der Waals surface area contributed by atoms with Crippen LogP contribution in [0.5, 0.6) is 5.75 Å². The number of para-hydroxylation sites is 1. The van der Waals surface area contributed by atoms with Gasteiger partial charge < -0.3 is 19.5 Å².